The van der Waals surface area contributed by atoms with Crippen molar-refractivity contribution in [3.8, 4) is 17.2 Å². The second-order valence-electron chi connectivity index (χ2n) is 11.5. The highest BCUT2D eigenvalue weighted by Gasteiger charge is 2.65. The third kappa shape index (κ3) is 4.01. The van der Waals surface area contributed by atoms with Crippen molar-refractivity contribution in [1.29, 1.82) is 0 Å². The number of alkyl halides is 2. The first-order chi connectivity index (χ1) is 16.6. The van der Waals surface area contributed by atoms with Crippen LogP contribution in [0.4, 0.5) is 8.78 Å². The molecule has 3 aromatic carbocycles. The van der Waals surface area contributed by atoms with Gasteiger partial charge in [-0.15, -0.1) is 0 Å². The molecule has 0 spiro atoms. The van der Waals surface area contributed by atoms with Gasteiger partial charge < -0.3 is 19.7 Å². The van der Waals surface area contributed by atoms with E-state index in [1.54, 1.807) is 48.5 Å². The highest BCUT2D eigenvalue weighted by Crippen LogP contribution is 2.59. The maximum absolute atomic E-state index is 16.7. The molecule has 1 aliphatic heterocycles. The summed E-state index contributed by atoms with van der Waals surface area (Å²) in [6.07, 6.45) is 0. The molecule has 2 unspecified atom stereocenters. The lowest BCUT2D eigenvalue weighted by Gasteiger charge is -2.45. The third-order valence-electron chi connectivity index (χ3n) is 6.85. The minimum atomic E-state index is -3.78. The number of phenols is 1. The van der Waals surface area contributed by atoms with Crippen LogP contribution >= 0.6 is 0 Å². The maximum atomic E-state index is 16.7. The zero-order valence-corrected chi connectivity index (χ0v) is 21.8. The Kier molecular flexibility index (Phi) is 6.11. The molecule has 4 rings (SSSR count). The summed E-state index contributed by atoms with van der Waals surface area (Å²) >= 11 is 0. The number of halogens is 2. The number of hydrogen-bond donors (Lipinski definition) is 2. The molecule has 0 fully saturated rings. The fourth-order valence-electron chi connectivity index (χ4n) is 4.91. The topological polar surface area (TPSA) is 58.9 Å². The molecule has 2 N–H and O–H groups in total. The molecule has 36 heavy (non-hydrogen) atoms. The summed E-state index contributed by atoms with van der Waals surface area (Å²) < 4.78 is 44.6. The van der Waals surface area contributed by atoms with E-state index in [4.69, 9.17) is 9.47 Å². The lowest BCUT2D eigenvalue weighted by atomic mass is 9.72. The van der Waals surface area contributed by atoms with E-state index >= 15 is 8.78 Å². The van der Waals surface area contributed by atoms with Crippen LogP contribution in [0.25, 0.3) is 0 Å². The lowest BCUT2D eigenvalue weighted by molar-refractivity contribution is -0.303. The highest BCUT2D eigenvalue weighted by atomic mass is 19.3. The molecule has 0 bridgehead atoms. The van der Waals surface area contributed by atoms with Gasteiger partial charge in [-0.2, -0.15) is 8.78 Å². The summed E-state index contributed by atoms with van der Waals surface area (Å²) in [5.74, 6) is -7.92. The lowest BCUT2D eigenvalue weighted by Crippen LogP contribution is -2.56. The van der Waals surface area contributed by atoms with E-state index in [1.807, 2.05) is 41.5 Å². The Hall–Kier alpha value is -3.12. The van der Waals surface area contributed by atoms with Gasteiger partial charge in [0, 0.05) is 11.1 Å². The van der Waals surface area contributed by atoms with Crippen LogP contribution in [0.5, 0.6) is 17.2 Å². The molecule has 4 nitrogen and oxygen atoms in total. The number of benzene rings is 3. The minimum absolute atomic E-state index is 0.0602. The minimum Gasteiger partial charge on any atom is -0.507 e. The number of phenolic OH excluding ortho intramolecular Hbond substituents is 1. The standard InChI is InChI=1S/C30H34F2O4/c1-27(2,3)21-16-18(17-22(25(21)33)28(4,5)6)24-20-14-11-15-23(35-7)26(20)36-30(34,29(24,31)32)19-12-9-8-10-13-19/h8-17,24,33-34H,1-7H3. The largest absolute Gasteiger partial charge is 0.507 e. The quantitative estimate of drug-likeness (QED) is 0.410. The van der Waals surface area contributed by atoms with Crippen molar-refractivity contribution in [2.24, 2.45) is 0 Å². The molecule has 3 aromatic rings. The molecule has 1 aliphatic rings. The first-order valence-electron chi connectivity index (χ1n) is 12.0. The number of para-hydroxylation sites is 1. The Bertz CT molecular complexity index is 1240. The first-order valence-corrected chi connectivity index (χ1v) is 12.0. The van der Waals surface area contributed by atoms with Gasteiger partial charge in [0.15, 0.2) is 11.5 Å². The number of aromatic hydroxyl groups is 1. The van der Waals surface area contributed by atoms with E-state index in [0.29, 0.717) is 11.1 Å². The van der Waals surface area contributed by atoms with E-state index in [-0.39, 0.29) is 33.9 Å². The Balaban J connectivity index is 2.10. The van der Waals surface area contributed by atoms with Crippen LogP contribution in [-0.4, -0.2) is 23.2 Å². The predicted molar refractivity (Wildman–Crippen MR) is 136 cm³/mol. The van der Waals surface area contributed by atoms with Crippen molar-refractivity contribution < 1.29 is 28.5 Å². The number of methoxy groups -OCH3 is 1. The summed E-state index contributed by atoms with van der Waals surface area (Å²) in [4.78, 5) is 0. The van der Waals surface area contributed by atoms with E-state index in [2.05, 4.69) is 0 Å². The number of hydrogen-bond acceptors (Lipinski definition) is 4. The van der Waals surface area contributed by atoms with Gasteiger partial charge in [-0.3, -0.25) is 0 Å². The van der Waals surface area contributed by atoms with Crippen LogP contribution < -0.4 is 9.47 Å². The molecule has 0 aromatic heterocycles. The smallest absolute Gasteiger partial charge is 0.327 e. The fraction of sp³-hybridized carbons (Fsp3) is 0.400. The van der Waals surface area contributed by atoms with Gasteiger partial charge in [0.2, 0.25) is 0 Å². The predicted octanol–water partition coefficient (Wildman–Crippen LogP) is 7.00. The van der Waals surface area contributed by atoms with E-state index in [1.165, 1.54) is 19.2 Å². The first kappa shape index (κ1) is 26.0. The fourth-order valence-corrected chi connectivity index (χ4v) is 4.91. The molecule has 0 radical (unpaired) electrons. The second kappa shape index (κ2) is 8.48. The maximum Gasteiger partial charge on any atom is 0.327 e. The van der Waals surface area contributed by atoms with Gasteiger partial charge >= 0.3 is 11.7 Å². The van der Waals surface area contributed by atoms with Crippen LogP contribution in [0.2, 0.25) is 0 Å². The van der Waals surface area contributed by atoms with Crippen molar-refractivity contribution in [2.45, 2.75) is 70.0 Å². The Morgan fingerprint density at radius 3 is 1.92 bits per heavy atom. The molecule has 2 atom stereocenters. The van der Waals surface area contributed by atoms with Crippen LogP contribution in [0.1, 0.15) is 75.3 Å². The SMILES string of the molecule is COc1cccc2c1OC(O)(c1ccccc1)C(F)(F)C2c1cc(C(C)(C)C)c(O)c(C(C)(C)C)c1. The summed E-state index contributed by atoms with van der Waals surface area (Å²) in [5.41, 5.74) is 0.480. The monoisotopic (exact) mass is 496 g/mol. The summed E-state index contributed by atoms with van der Waals surface area (Å²) in [6, 6.07) is 15.8. The van der Waals surface area contributed by atoms with Gasteiger partial charge in [0.05, 0.1) is 13.0 Å². The summed E-state index contributed by atoms with van der Waals surface area (Å²) in [6.45, 7) is 11.6. The zero-order chi connectivity index (χ0) is 26.7. The van der Waals surface area contributed by atoms with Crippen molar-refractivity contribution in [2.75, 3.05) is 7.11 Å². The summed E-state index contributed by atoms with van der Waals surface area (Å²) in [7, 11) is 1.43. The molecular weight excluding hydrogens is 462 g/mol. The van der Waals surface area contributed by atoms with Gasteiger partial charge in [0.25, 0.3) is 0 Å². The molecule has 6 heteroatoms. The number of fused-ring (bicyclic) bond motifs is 1. The van der Waals surface area contributed by atoms with E-state index < -0.39 is 28.5 Å². The molecule has 192 valence electrons. The number of rotatable bonds is 3. The van der Waals surface area contributed by atoms with Crippen LogP contribution in [0.15, 0.2) is 60.7 Å². The Labute approximate surface area is 211 Å². The number of aliphatic hydroxyl groups is 1. The van der Waals surface area contributed by atoms with Gasteiger partial charge in [-0.25, -0.2) is 0 Å². The van der Waals surface area contributed by atoms with E-state index in [0.717, 1.165) is 0 Å². The molecular formula is C30H34F2O4. The molecule has 0 saturated carbocycles. The van der Waals surface area contributed by atoms with Crippen LogP contribution in [0.3, 0.4) is 0 Å². The third-order valence-corrected chi connectivity index (χ3v) is 6.85. The molecule has 0 saturated heterocycles. The Morgan fingerprint density at radius 1 is 0.861 bits per heavy atom. The molecule has 0 amide bonds. The van der Waals surface area contributed by atoms with Crippen LogP contribution in [-0.2, 0) is 16.6 Å². The molecule has 0 aliphatic carbocycles. The van der Waals surface area contributed by atoms with Crippen molar-refractivity contribution in [3.05, 3.63) is 88.5 Å². The highest BCUT2D eigenvalue weighted by molar-refractivity contribution is 5.58. The van der Waals surface area contributed by atoms with Gasteiger partial charge in [0.1, 0.15) is 5.75 Å². The van der Waals surface area contributed by atoms with E-state index in [9.17, 15) is 10.2 Å². The summed E-state index contributed by atoms with van der Waals surface area (Å²) in [5, 5.41) is 22.8. The van der Waals surface area contributed by atoms with Crippen molar-refractivity contribution >= 4 is 0 Å². The average Bonchev–Trinajstić information content (AvgIpc) is 2.79. The Morgan fingerprint density at radius 2 is 1.42 bits per heavy atom. The van der Waals surface area contributed by atoms with Gasteiger partial charge in [-0.05, 0) is 33.6 Å². The van der Waals surface area contributed by atoms with Crippen molar-refractivity contribution in [3.63, 3.8) is 0 Å². The molecule has 1 heterocycles. The normalized spacial score (nSPS) is 21.4. The average molecular weight is 497 g/mol. The van der Waals surface area contributed by atoms with Crippen molar-refractivity contribution in [1.82, 2.24) is 0 Å². The number of ether oxygens (including phenoxy) is 2. The zero-order valence-electron chi connectivity index (χ0n) is 21.8. The second-order valence-corrected chi connectivity index (χ2v) is 11.5. The van der Waals surface area contributed by atoms with Crippen LogP contribution in [0, 0.1) is 0 Å². The van der Waals surface area contributed by atoms with Gasteiger partial charge in [-0.1, -0.05) is 96.1 Å².